The van der Waals surface area contributed by atoms with Crippen LogP contribution in [0.25, 0.3) is 11.1 Å². The highest BCUT2D eigenvalue weighted by molar-refractivity contribution is 7.89. The standard InChI is InChI=1S/C21H22N4O5S/c26-21(24-27)20-3-1-2-12-25(20)31(28,29)19-10-8-18(9-11-19)30-17-6-4-15(5-7-17)16-13-22-23-14-16/h4-11,13-14,20,27H,1-3,12H2,(H,22,23)(H,24,26). The maximum absolute atomic E-state index is 13.1. The van der Waals surface area contributed by atoms with Gasteiger partial charge in [-0.25, -0.2) is 13.9 Å². The van der Waals surface area contributed by atoms with Crippen molar-refractivity contribution in [2.24, 2.45) is 0 Å². The van der Waals surface area contributed by atoms with Gasteiger partial charge in [-0.15, -0.1) is 0 Å². The van der Waals surface area contributed by atoms with E-state index in [1.54, 1.807) is 30.0 Å². The van der Waals surface area contributed by atoms with Crippen molar-refractivity contribution in [2.75, 3.05) is 6.54 Å². The lowest BCUT2D eigenvalue weighted by Crippen LogP contribution is -2.51. The Balaban J connectivity index is 1.49. The van der Waals surface area contributed by atoms with Crippen molar-refractivity contribution >= 4 is 15.9 Å². The Kier molecular flexibility index (Phi) is 6.03. The maximum atomic E-state index is 13.1. The number of amides is 1. The number of rotatable bonds is 6. The molecule has 4 rings (SSSR count). The summed E-state index contributed by atoms with van der Waals surface area (Å²) in [5.74, 6) is 0.374. The topological polar surface area (TPSA) is 125 Å². The molecule has 0 saturated carbocycles. The zero-order valence-corrected chi connectivity index (χ0v) is 17.4. The van der Waals surface area contributed by atoms with Crippen molar-refractivity contribution < 1.29 is 23.2 Å². The van der Waals surface area contributed by atoms with E-state index in [-0.39, 0.29) is 11.4 Å². The van der Waals surface area contributed by atoms with Crippen molar-refractivity contribution in [3.63, 3.8) is 0 Å². The van der Waals surface area contributed by atoms with Crippen LogP contribution in [-0.2, 0) is 14.8 Å². The lowest BCUT2D eigenvalue weighted by atomic mass is 10.0. The summed E-state index contributed by atoms with van der Waals surface area (Å²) >= 11 is 0. The van der Waals surface area contributed by atoms with Crippen molar-refractivity contribution in [2.45, 2.75) is 30.2 Å². The van der Waals surface area contributed by atoms with Crippen molar-refractivity contribution in [1.82, 2.24) is 20.0 Å². The minimum atomic E-state index is -3.89. The van der Waals surface area contributed by atoms with Gasteiger partial charge in [-0.3, -0.25) is 15.1 Å². The molecule has 0 spiro atoms. The van der Waals surface area contributed by atoms with Gasteiger partial charge in [0.2, 0.25) is 10.0 Å². The Labute approximate surface area is 179 Å². The zero-order chi connectivity index (χ0) is 21.8. The Morgan fingerprint density at radius 3 is 2.35 bits per heavy atom. The SMILES string of the molecule is O=C(NO)C1CCCCN1S(=O)(=O)c1ccc(Oc2ccc(-c3cn[nH]c3)cc2)cc1. The van der Waals surface area contributed by atoms with Crippen molar-refractivity contribution in [1.29, 1.82) is 0 Å². The summed E-state index contributed by atoms with van der Waals surface area (Å²) in [5.41, 5.74) is 3.52. The molecule has 1 aromatic heterocycles. The minimum absolute atomic E-state index is 0.0628. The number of ether oxygens (including phenoxy) is 1. The van der Waals surface area contributed by atoms with E-state index in [9.17, 15) is 13.2 Å². The molecule has 9 nitrogen and oxygen atoms in total. The highest BCUT2D eigenvalue weighted by Crippen LogP contribution is 2.29. The van der Waals surface area contributed by atoms with Gasteiger partial charge < -0.3 is 4.74 Å². The number of benzene rings is 2. The van der Waals surface area contributed by atoms with Gasteiger partial charge in [0.25, 0.3) is 5.91 Å². The van der Waals surface area contributed by atoms with Crippen molar-refractivity contribution in [3.8, 4) is 22.6 Å². The average molecular weight is 442 g/mol. The number of nitrogens with one attached hydrogen (secondary N) is 2. The molecule has 1 unspecified atom stereocenters. The molecule has 2 heterocycles. The van der Waals surface area contributed by atoms with Crippen molar-refractivity contribution in [3.05, 3.63) is 60.9 Å². The molecule has 2 aromatic carbocycles. The van der Waals surface area contributed by atoms with Crippen LogP contribution in [0.15, 0.2) is 65.8 Å². The molecule has 1 aliphatic rings. The zero-order valence-electron chi connectivity index (χ0n) is 16.6. The molecular weight excluding hydrogens is 420 g/mol. The smallest absolute Gasteiger partial charge is 0.261 e. The van der Waals surface area contributed by atoms with Gasteiger partial charge in [-0.2, -0.15) is 9.40 Å². The van der Waals surface area contributed by atoms with Crippen LogP contribution in [0.5, 0.6) is 11.5 Å². The number of carbonyl (C=O) groups excluding carboxylic acids is 1. The largest absolute Gasteiger partial charge is 0.457 e. The molecule has 10 heteroatoms. The number of hydroxylamine groups is 1. The summed E-state index contributed by atoms with van der Waals surface area (Å²) in [6.45, 7) is 0.224. The molecule has 162 valence electrons. The first-order valence-electron chi connectivity index (χ1n) is 9.82. The third-order valence-electron chi connectivity index (χ3n) is 5.22. The van der Waals surface area contributed by atoms with Crippen LogP contribution >= 0.6 is 0 Å². The summed E-state index contributed by atoms with van der Waals surface area (Å²) in [7, 11) is -3.89. The van der Waals surface area contributed by atoms with E-state index in [1.165, 1.54) is 12.1 Å². The van der Waals surface area contributed by atoms with E-state index in [0.717, 1.165) is 21.9 Å². The predicted octanol–water partition coefficient (Wildman–Crippen LogP) is 2.92. The second kappa shape index (κ2) is 8.88. The quantitative estimate of drug-likeness (QED) is 0.398. The molecule has 3 N–H and O–H groups in total. The highest BCUT2D eigenvalue weighted by Gasteiger charge is 2.37. The van der Waals surface area contributed by atoms with E-state index in [4.69, 9.17) is 9.94 Å². The monoisotopic (exact) mass is 442 g/mol. The summed E-state index contributed by atoms with van der Waals surface area (Å²) < 4.78 is 33.1. The lowest BCUT2D eigenvalue weighted by molar-refractivity contribution is -0.134. The fourth-order valence-corrected chi connectivity index (χ4v) is 5.26. The summed E-state index contributed by atoms with van der Waals surface area (Å²) in [4.78, 5) is 12.0. The number of piperidine rings is 1. The molecule has 31 heavy (non-hydrogen) atoms. The van der Waals surface area contributed by atoms with E-state index >= 15 is 0 Å². The normalized spacial score (nSPS) is 17.3. The molecule has 1 atom stereocenters. The van der Waals surface area contributed by atoms with E-state index in [1.807, 2.05) is 24.3 Å². The number of hydrogen-bond acceptors (Lipinski definition) is 6. The van der Waals surface area contributed by atoms with E-state index < -0.39 is 22.0 Å². The first-order valence-corrected chi connectivity index (χ1v) is 11.3. The van der Waals surface area contributed by atoms with Gasteiger partial charge in [0.1, 0.15) is 17.5 Å². The molecule has 3 aromatic rings. The van der Waals surface area contributed by atoms with E-state index in [0.29, 0.717) is 24.3 Å². The van der Waals surface area contributed by atoms with Crippen LogP contribution < -0.4 is 10.2 Å². The number of H-pyrrole nitrogens is 1. The fraction of sp³-hybridized carbons (Fsp3) is 0.238. The second-order valence-corrected chi connectivity index (χ2v) is 9.08. The first kappa shape index (κ1) is 21.0. The number of nitrogens with zero attached hydrogens (tertiary/aromatic N) is 2. The molecule has 0 aliphatic carbocycles. The third-order valence-corrected chi connectivity index (χ3v) is 7.14. The number of sulfonamides is 1. The van der Waals surface area contributed by atoms with Gasteiger partial charge in [-0.05, 0) is 54.8 Å². The summed E-state index contributed by atoms with van der Waals surface area (Å²) in [6.07, 6.45) is 5.26. The fourth-order valence-electron chi connectivity index (χ4n) is 3.60. The van der Waals surface area contributed by atoms with E-state index in [2.05, 4.69) is 10.2 Å². The molecule has 0 radical (unpaired) electrons. The molecule has 1 fully saturated rings. The van der Waals surface area contributed by atoms with Crippen LogP contribution in [0, 0.1) is 0 Å². The predicted molar refractivity (Wildman–Crippen MR) is 112 cm³/mol. The average Bonchev–Trinajstić information content (AvgIpc) is 3.34. The van der Waals surface area contributed by atoms with Crippen LogP contribution in [0.4, 0.5) is 0 Å². The molecular formula is C21H22N4O5S. The Bertz CT molecular complexity index is 1130. The second-order valence-electron chi connectivity index (χ2n) is 7.19. The van der Waals surface area contributed by atoms with Crippen LogP contribution in [-0.4, -0.2) is 46.6 Å². The van der Waals surface area contributed by atoms with Crippen LogP contribution in [0.1, 0.15) is 19.3 Å². The Hall–Kier alpha value is -3.21. The van der Waals surface area contributed by atoms with Gasteiger partial charge in [-0.1, -0.05) is 18.6 Å². The van der Waals surface area contributed by atoms with Crippen LogP contribution in [0.3, 0.4) is 0 Å². The van der Waals surface area contributed by atoms with Gasteiger partial charge in [0.05, 0.1) is 11.1 Å². The lowest BCUT2D eigenvalue weighted by Gasteiger charge is -2.33. The Morgan fingerprint density at radius 1 is 1.06 bits per heavy atom. The first-order chi connectivity index (χ1) is 15.0. The number of hydrogen-bond donors (Lipinski definition) is 3. The minimum Gasteiger partial charge on any atom is -0.457 e. The number of carbonyl (C=O) groups is 1. The molecule has 1 aliphatic heterocycles. The van der Waals surface area contributed by atoms with Crippen LogP contribution in [0.2, 0.25) is 0 Å². The number of aromatic amines is 1. The highest BCUT2D eigenvalue weighted by atomic mass is 32.2. The molecule has 1 amide bonds. The Morgan fingerprint density at radius 2 is 1.74 bits per heavy atom. The van der Waals surface area contributed by atoms with Gasteiger partial charge in [0.15, 0.2) is 0 Å². The summed E-state index contributed by atoms with van der Waals surface area (Å²) in [6, 6.07) is 12.6. The molecule has 0 bridgehead atoms. The third kappa shape index (κ3) is 4.46. The molecule has 1 saturated heterocycles. The summed E-state index contributed by atoms with van der Waals surface area (Å²) in [5, 5.41) is 15.6. The van der Waals surface area contributed by atoms with Gasteiger partial charge >= 0.3 is 0 Å². The maximum Gasteiger partial charge on any atom is 0.261 e. The van der Waals surface area contributed by atoms with Gasteiger partial charge in [0, 0.05) is 18.3 Å². The number of aromatic nitrogens is 2.